The SMILES string of the molecule is CCc1ccccc1NC(=O)COc1ccc(F)cc1. The van der Waals surface area contributed by atoms with Gasteiger partial charge in [0.1, 0.15) is 11.6 Å². The molecule has 0 unspecified atom stereocenters. The summed E-state index contributed by atoms with van der Waals surface area (Å²) in [7, 11) is 0. The van der Waals surface area contributed by atoms with Crippen LogP contribution in [0.15, 0.2) is 48.5 Å². The quantitative estimate of drug-likeness (QED) is 0.906. The Morgan fingerprint density at radius 2 is 1.85 bits per heavy atom. The molecule has 2 aromatic carbocycles. The van der Waals surface area contributed by atoms with Crippen LogP contribution in [-0.2, 0) is 11.2 Å². The third-order valence-electron chi connectivity index (χ3n) is 2.86. The molecule has 0 aliphatic rings. The number of hydrogen-bond acceptors (Lipinski definition) is 2. The number of benzene rings is 2. The van der Waals surface area contributed by atoms with Crippen molar-refractivity contribution in [1.29, 1.82) is 0 Å². The van der Waals surface area contributed by atoms with Crippen molar-refractivity contribution in [3.05, 3.63) is 59.9 Å². The van der Waals surface area contributed by atoms with Crippen LogP contribution >= 0.6 is 0 Å². The molecular formula is C16H16FNO2. The summed E-state index contributed by atoms with van der Waals surface area (Å²) in [5.41, 5.74) is 1.87. The second-order valence-electron chi connectivity index (χ2n) is 4.30. The predicted octanol–water partition coefficient (Wildman–Crippen LogP) is 3.41. The van der Waals surface area contributed by atoms with Crippen molar-refractivity contribution in [2.75, 3.05) is 11.9 Å². The number of hydrogen-bond donors (Lipinski definition) is 1. The Hall–Kier alpha value is -2.36. The van der Waals surface area contributed by atoms with E-state index in [-0.39, 0.29) is 18.3 Å². The molecule has 4 heteroatoms. The second-order valence-corrected chi connectivity index (χ2v) is 4.30. The molecule has 0 heterocycles. The van der Waals surface area contributed by atoms with Crippen molar-refractivity contribution in [3.8, 4) is 5.75 Å². The number of rotatable bonds is 5. The lowest BCUT2D eigenvalue weighted by Gasteiger charge is -2.10. The van der Waals surface area contributed by atoms with Gasteiger partial charge in [-0.1, -0.05) is 25.1 Å². The summed E-state index contributed by atoms with van der Waals surface area (Å²) in [5.74, 6) is -0.112. The Kier molecular flexibility index (Phi) is 4.71. The zero-order valence-corrected chi connectivity index (χ0v) is 11.2. The average molecular weight is 273 g/mol. The van der Waals surface area contributed by atoms with Gasteiger partial charge in [-0.25, -0.2) is 4.39 Å². The number of carbonyl (C=O) groups excluding carboxylic acids is 1. The minimum Gasteiger partial charge on any atom is -0.484 e. The van der Waals surface area contributed by atoms with E-state index in [9.17, 15) is 9.18 Å². The van der Waals surface area contributed by atoms with Crippen molar-refractivity contribution >= 4 is 11.6 Å². The Morgan fingerprint density at radius 3 is 2.55 bits per heavy atom. The van der Waals surface area contributed by atoms with E-state index >= 15 is 0 Å². The first-order valence-corrected chi connectivity index (χ1v) is 6.45. The van der Waals surface area contributed by atoms with E-state index in [1.54, 1.807) is 0 Å². The summed E-state index contributed by atoms with van der Waals surface area (Å²) < 4.78 is 18.0. The van der Waals surface area contributed by atoms with Crippen molar-refractivity contribution in [2.45, 2.75) is 13.3 Å². The molecule has 0 fully saturated rings. The third kappa shape index (κ3) is 3.82. The Morgan fingerprint density at radius 1 is 1.15 bits per heavy atom. The van der Waals surface area contributed by atoms with Crippen molar-refractivity contribution in [3.63, 3.8) is 0 Å². The van der Waals surface area contributed by atoms with Crippen molar-refractivity contribution in [1.82, 2.24) is 0 Å². The fourth-order valence-corrected chi connectivity index (χ4v) is 1.82. The number of carbonyl (C=O) groups is 1. The van der Waals surface area contributed by atoms with Gasteiger partial charge in [0, 0.05) is 5.69 Å². The molecule has 0 aliphatic carbocycles. The standard InChI is InChI=1S/C16H16FNO2/c1-2-12-5-3-4-6-15(12)18-16(19)11-20-14-9-7-13(17)8-10-14/h3-10H,2,11H2,1H3,(H,18,19). The maximum atomic E-state index is 12.7. The smallest absolute Gasteiger partial charge is 0.262 e. The fourth-order valence-electron chi connectivity index (χ4n) is 1.82. The highest BCUT2D eigenvalue weighted by molar-refractivity contribution is 5.92. The van der Waals surface area contributed by atoms with Gasteiger partial charge in [-0.3, -0.25) is 4.79 Å². The maximum Gasteiger partial charge on any atom is 0.262 e. The fraction of sp³-hybridized carbons (Fsp3) is 0.188. The Balaban J connectivity index is 1.91. The number of aryl methyl sites for hydroxylation is 1. The van der Waals surface area contributed by atoms with Crippen LogP contribution in [-0.4, -0.2) is 12.5 Å². The van der Waals surface area contributed by atoms with Gasteiger partial charge in [0.25, 0.3) is 5.91 Å². The predicted molar refractivity (Wildman–Crippen MR) is 76.3 cm³/mol. The van der Waals surface area contributed by atoms with E-state index in [0.717, 1.165) is 17.7 Å². The Bertz CT molecular complexity index is 581. The second kappa shape index (κ2) is 6.70. The lowest BCUT2D eigenvalue weighted by Crippen LogP contribution is -2.20. The summed E-state index contributed by atoms with van der Waals surface area (Å²) in [6.45, 7) is 1.92. The maximum absolute atomic E-state index is 12.7. The zero-order chi connectivity index (χ0) is 14.4. The molecule has 3 nitrogen and oxygen atoms in total. The van der Waals surface area contributed by atoms with Gasteiger partial charge >= 0.3 is 0 Å². The van der Waals surface area contributed by atoms with Gasteiger partial charge in [-0.15, -0.1) is 0 Å². The lowest BCUT2D eigenvalue weighted by molar-refractivity contribution is -0.118. The van der Waals surface area contributed by atoms with Crippen LogP contribution in [0.3, 0.4) is 0 Å². The number of nitrogens with one attached hydrogen (secondary N) is 1. The number of para-hydroxylation sites is 1. The molecule has 1 amide bonds. The zero-order valence-electron chi connectivity index (χ0n) is 11.2. The van der Waals surface area contributed by atoms with Crippen LogP contribution < -0.4 is 10.1 Å². The van der Waals surface area contributed by atoms with Crippen LogP contribution in [0.25, 0.3) is 0 Å². The molecule has 0 radical (unpaired) electrons. The topological polar surface area (TPSA) is 38.3 Å². The molecule has 0 aliphatic heterocycles. The molecule has 20 heavy (non-hydrogen) atoms. The molecular weight excluding hydrogens is 257 g/mol. The number of anilines is 1. The molecule has 2 aromatic rings. The molecule has 2 rings (SSSR count). The Labute approximate surface area is 117 Å². The number of halogens is 1. The van der Waals surface area contributed by atoms with Crippen molar-refractivity contribution in [2.24, 2.45) is 0 Å². The van der Waals surface area contributed by atoms with Gasteiger partial charge in [0.2, 0.25) is 0 Å². The molecule has 0 bridgehead atoms. The van der Waals surface area contributed by atoms with Gasteiger partial charge in [0.05, 0.1) is 0 Å². The van der Waals surface area contributed by atoms with Crippen LogP contribution in [0, 0.1) is 5.82 Å². The first-order valence-electron chi connectivity index (χ1n) is 6.45. The number of ether oxygens (including phenoxy) is 1. The normalized spacial score (nSPS) is 10.1. The van der Waals surface area contributed by atoms with Gasteiger partial charge < -0.3 is 10.1 Å². The molecule has 0 aromatic heterocycles. The summed E-state index contributed by atoms with van der Waals surface area (Å²) in [5, 5.41) is 2.81. The number of amides is 1. The molecule has 0 saturated carbocycles. The van der Waals surface area contributed by atoms with Gasteiger partial charge in [-0.05, 0) is 42.3 Å². The molecule has 0 atom stereocenters. The van der Waals surface area contributed by atoms with Gasteiger partial charge in [-0.2, -0.15) is 0 Å². The van der Waals surface area contributed by atoms with Gasteiger partial charge in [0.15, 0.2) is 6.61 Å². The van der Waals surface area contributed by atoms with Crippen LogP contribution in [0.1, 0.15) is 12.5 Å². The highest BCUT2D eigenvalue weighted by Crippen LogP contribution is 2.15. The van der Waals surface area contributed by atoms with E-state index in [0.29, 0.717) is 5.75 Å². The largest absolute Gasteiger partial charge is 0.484 e. The first-order chi connectivity index (χ1) is 9.69. The monoisotopic (exact) mass is 273 g/mol. The average Bonchev–Trinajstić information content (AvgIpc) is 2.47. The summed E-state index contributed by atoms with van der Waals surface area (Å²) in [6, 6.07) is 13.2. The van der Waals surface area contributed by atoms with Crippen molar-refractivity contribution < 1.29 is 13.9 Å². The highest BCUT2D eigenvalue weighted by atomic mass is 19.1. The molecule has 0 spiro atoms. The molecule has 1 N–H and O–H groups in total. The summed E-state index contributed by atoms with van der Waals surface area (Å²) >= 11 is 0. The summed E-state index contributed by atoms with van der Waals surface area (Å²) in [6.07, 6.45) is 0.843. The van der Waals surface area contributed by atoms with E-state index in [1.807, 2.05) is 31.2 Å². The minimum atomic E-state index is -0.335. The lowest BCUT2D eigenvalue weighted by atomic mass is 10.1. The first kappa shape index (κ1) is 14.1. The molecule has 0 saturated heterocycles. The van der Waals surface area contributed by atoms with Crippen LogP contribution in [0.2, 0.25) is 0 Å². The molecule has 104 valence electrons. The van der Waals surface area contributed by atoms with E-state index < -0.39 is 0 Å². The summed E-state index contributed by atoms with van der Waals surface area (Å²) in [4.78, 5) is 11.8. The third-order valence-corrected chi connectivity index (χ3v) is 2.86. The van der Waals surface area contributed by atoms with Crippen LogP contribution in [0.4, 0.5) is 10.1 Å². The van der Waals surface area contributed by atoms with E-state index in [4.69, 9.17) is 4.74 Å². The van der Waals surface area contributed by atoms with E-state index in [1.165, 1.54) is 24.3 Å². The highest BCUT2D eigenvalue weighted by Gasteiger charge is 2.06. The van der Waals surface area contributed by atoms with E-state index in [2.05, 4.69) is 5.32 Å². The van der Waals surface area contributed by atoms with Crippen LogP contribution in [0.5, 0.6) is 5.75 Å². The minimum absolute atomic E-state index is 0.107.